The number of fused-ring (bicyclic) bond motifs is 2. The van der Waals surface area contributed by atoms with E-state index in [-0.39, 0.29) is 66.8 Å². The molecular formula is C36H8F6N8O2. The van der Waals surface area contributed by atoms with Crippen LogP contribution in [0.2, 0.25) is 0 Å². The molecule has 0 aliphatic heterocycles. The van der Waals surface area contributed by atoms with Crippen molar-refractivity contribution in [2.24, 2.45) is 0 Å². The molecule has 0 saturated carbocycles. The summed E-state index contributed by atoms with van der Waals surface area (Å²) in [6.45, 7) is 0. The Bertz CT molecular complexity index is 2410. The second kappa shape index (κ2) is 13.0. The Morgan fingerprint density at radius 2 is 0.788 bits per heavy atom. The number of ether oxygens (including phenoxy) is 2. The zero-order valence-corrected chi connectivity index (χ0v) is 25.3. The van der Waals surface area contributed by atoms with Gasteiger partial charge in [-0.05, 0) is 46.5 Å². The second-order valence-electron chi connectivity index (χ2n) is 10.4. The molecule has 0 amide bonds. The molecule has 0 spiro atoms. The van der Waals surface area contributed by atoms with Crippen molar-refractivity contribution in [3.8, 4) is 60.1 Å². The maximum atomic E-state index is 13.2. The van der Waals surface area contributed by atoms with Gasteiger partial charge >= 0.3 is 12.7 Å². The van der Waals surface area contributed by atoms with Gasteiger partial charge in [-0.25, -0.2) is 0 Å². The smallest absolute Gasteiger partial charge is 0.404 e. The quantitative estimate of drug-likeness (QED) is 0.191. The van der Waals surface area contributed by atoms with Crippen LogP contribution < -0.4 is 9.47 Å². The lowest BCUT2D eigenvalue weighted by atomic mass is 9.89. The number of hydrogen-bond acceptors (Lipinski definition) is 10. The van der Waals surface area contributed by atoms with Crippen LogP contribution in [-0.2, 0) is 0 Å². The zero-order valence-electron chi connectivity index (χ0n) is 25.3. The van der Waals surface area contributed by atoms with Crippen molar-refractivity contribution in [2.45, 2.75) is 12.7 Å². The van der Waals surface area contributed by atoms with E-state index in [0.717, 1.165) is 24.3 Å². The van der Waals surface area contributed by atoms with E-state index in [0.29, 0.717) is 0 Å². The monoisotopic (exact) mass is 698 g/mol. The molecular weight excluding hydrogens is 690 g/mol. The van der Waals surface area contributed by atoms with Crippen molar-refractivity contribution >= 4 is 33.4 Å². The van der Waals surface area contributed by atoms with Gasteiger partial charge in [-0.2, -0.15) is 42.1 Å². The summed E-state index contributed by atoms with van der Waals surface area (Å²) in [6.07, 6.45) is -10.4. The third kappa shape index (κ3) is 5.96. The number of nitriles is 8. The Kier molecular flexibility index (Phi) is 8.74. The van der Waals surface area contributed by atoms with E-state index in [1.54, 1.807) is 36.4 Å². The summed E-state index contributed by atoms with van der Waals surface area (Å²) in [5, 5.41) is 78.6. The van der Waals surface area contributed by atoms with E-state index in [9.17, 15) is 68.4 Å². The standard InChI is InChI=1S/C36H8F6N8O2/c37-35(38,39)51-29-7-23-25(5-19(29)9-43)33(21(11-45)12-46)31(27(23)15-49)17-1-2-18(4-3-17)32-28(16-50)24-8-30(52-36(40,41)42)20(10-44)6-26(24)34(32)22(13-47)14-48/h1-8H. The minimum atomic E-state index is -5.22. The highest BCUT2D eigenvalue weighted by Crippen LogP contribution is 2.52. The summed E-state index contributed by atoms with van der Waals surface area (Å²) in [4.78, 5) is 0. The van der Waals surface area contributed by atoms with Gasteiger partial charge in [0.25, 0.3) is 0 Å². The van der Waals surface area contributed by atoms with Crippen LogP contribution in [0.25, 0.3) is 33.4 Å². The van der Waals surface area contributed by atoms with Gasteiger partial charge in [0.15, 0.2) is 0 Å². The topological polar surface area (TPSA) is 209 Å². The van der Waals surface area contributed by atoms with Gasteiger partial charge in [-0.1, -0.05) is 24.3 Å². The average Bonchev–Trinajstić information content (AvgIpc) is 3.58. The van der Waals surface area contributed by atoms with Gasteiger partial charge in [0.1, 0.15) is 71.2 Å². The number of allylic oxidation sites excluding steroid dienone is 8. The molecule has 0 atom stereocenters. The van der Waals surface area contributed by atoms with Gasteiger partial charge in [0.2, 0.25) is 0 Å². The molecule has 0 fully saturated rings. The Morgan fingerprint density at radius 3 is 1.04 bits per heavy atom. The second-order valence-corrected chi connectivity index (χ2v) is 10.4. The number of benzene rings is 3. The van der Waals surface area contributed by atoms with Crippen LogP contribution in [0.1, 0.15) is 44.5 Å². The summed E-state index contributed by atoms with van der Waals surface area (Å²) in [5.41, 5.74) is -3.95. The Hall–Kier alpha value is -8.28. The lowest BCUT2D eigenvalue weighted by molar-refractivity contribution is -0.275. The van der Waals surface area contributed by atoms with Crippen LogP contribution in [0.5, 0.6) is 11.5 Å². The number of hydrogen-bond donors (Lipinski definition) is 0. The molecule has 0 N–H and O–H groups in total. The molecule has 0 aromatic heterocycles. The van der Waals surface area contributed by atoms with Gasteiger partial charge in [-0.15, -0.1) is 26.3 Å². The molecule has 2 aliphatic carbocycles. The highest BCUT2D eigenvalue weighted by atomic mass is 19.4. The Balaban J connectivity index is 1.76. The molecule has 246 valence electrons. The SMILES string of the molecule is N#CC(C#N)=C1C(c2ccc(C3=C(C#N)c4cc(OC(F)(F)F)c(C#N)cc4C3=C(C#N)C#N)cc2)=C(C#N)c2cc(OC(F)(F)F)c(C#N)cc21. The fraction of sp³-hybridized carbons (Fsp3) is 0.0556. The first-order chi connectivity index (χ1) is 24.7. The van der Waals surface area contributed by atoms with Crippen LogP contribution in [0.4, 0.5) is 26.3 Å². The third-order valence-corrected chi connectivity index (χ3v) is 7.64. The van der Waals surface area contributed by atoms with Gasteiger partial charge in [-0.3, -0.25) is 0 Å². The molecule has 0 bridgehead atoms. The van der Waals surface area contributed by atoms with E-state index < -0.39 is 46.5 Å². The van der Waals surface area contributed by atoms with Crippen molar-refractivity contribution in [1.82, 2.24) is 0 Å². The predicted molar refractivity (Wildman–Crippen MR) is 163 cm³/mol. The highest BCUT2D eigenvalue weighted by Gasteiger charge is 2.38. The van der Waals surface area contributed by atoms with Crippen molar-refractivity contribution in [3.05, 3.63) is 104 Å². The van der Waals surface area contributed by atoms with Gasteiger partial charge < -0.3 is 9.47 Å². The third-order valence-electron chi connectivity index (χ3n) is 7.64. The number of rotatable bonds is 4. The van der Waals surface area contributed by atoms with Crippen molar-refractivity contribution in [3.63, 3.8) is 0 Å². The predicted octanol–water partition coefficient (Wildman–Crippen LogP) is 7.72. The molecule has 0 radical (unpaired) electrons. The minimum Gasteiger partial charge on any atom is -0.404 e. The maximum absolute atomic E-state index is 13.2. The average molecular weight is 699 g/mol. The number of alkyl halides is 6. The molecule has 3 aromatic carbocycles. The van der Waals surface area contributed by atoms with Crippen LogP contribution in [0, 0.1) is 90.6 Å². The molecule has 3 aromatic rings. The van der Waals surface area contributed by atoms with E-state index in [1.807, 2.05) is 12.1 Å². The Labute approximate surface area is 288 Å². The van der Waals surface area contributed by atoms with E-state index >= 15 is 0 Å². The summed E-state index contributed by atoms with van der Waals surface area (Å²) in [5.74, 6) is -1.89. The minimum absolute atomic E-state index is 0.0939. The zero-order chi connectivity index (χ0) is 38.1. The first-order valence-electron chi connectivity index (χ1n) is 13.9. The Morgan fingerprint density at radius 1 is 0.462 bits per heavy atom. The van der Waals surface area contributed by atoms with Crippen LogP contribution >= 0.6 is 0 Å². The molecule has 10 nitrogen and oxygen atoms in total. The molecule has 0 saturated heterocycles. The molecule has 0 heterocycles. The summed E-state index contributed by atoms with van der Waals surface area (Å²) >= 11 is 0. The van der Waals surface area contributed by atoms with Crippen molar-refractivity contribution < 1.29 is 35.8 Å². The molecule has 5 rings (SSSR count). The fourth-order valence-corrected chi connectivity index (χ4v) is 5.77. The van der Waals surface area contributed by atoms with Gasteiger partial charge in [0.05, 0.1) is 22.3 Å². The largest absolute Gasteiger partial charge is 0.573 e. The molecule has 0 unspecified atom stereocenters. The molecule has 2 aliphatic rings. The lowest BCUT2D eigenvalue weighted by Crippen LogP contribution is -2.18. The van der Waals surface area contributed by atoms with Crippen LogP contribution in [-0.4, -0.2) is 12.7 Å². The maximum Gasteiger partial charge on any atom is 0.573 e. The fourth-order valence-electron chi connectivity index (χ4n) is 5.77. The molecule has 52 heavy (non-hydrogen) atoms. The van der Waals surface area contributed by atoms with Crippen molar-refractivity contribution in [2.75, 3.05) is 0 Å². The highest BCUT2D eigenvalue weighted by molar-refractivity contribution is 6.27. The summed E-state index contributed by atoms with van der Waals surface area (Å²) < 4.78 is 86.9. The van der Waals surface area contributed by atoms with Gasteiger partial charge in [0, 0.05) is 33.4 Å². The van der Waals surface area contributed by atoms with E-state index in [1.165, 1.54) is 24.3 Å². The van der Waals surface area contributed by atoms with E-state index in [2.05, 4.69) is 9.47 Å². The van der Waals surface area contributed by atoms with Crippen molar-refractivity contribution in [1.29, 1.82) is 42.1 Å². The molecule has 16 heteroatoms. The van der Waals surface area contributed by atoms with Crippen LogP contribution in [0.15, 0.2) is 59.7 Å². The van der Waals surface area contributed by atoms with E-state index in [4.69, 9.17) is 0 Å². The number of halogens is 6. The number of nitrogens with zero attached hydrogens (tertiary/aromatic N) is 8. The summed E-state index contributed by atoms with van der Waals surface area (Å²) in [6, 6.07) is 22.2. The lowest BCUT2D eigenvalue weighted by Gasteiger charge is -2.13. The normalized spacial score (nSPS) is 12.8. The first-order valence-corrected chi connectivity index (χ1v) is 13.9. The first kappa shape index (κ1) is 35.0. The van der Waals surface area contributed by atoms with Crippen LogP contribution in [0.3, 0.4) is 0 Å². The summed E-state index contributed by atoms with van der Waals surface area (Å²) in [7, 11) is 0.